The molecule has 0 fully saturated rings. The van der Waals surface area contributed by atoms with Gasteiger partial charge in [-0.25, -0.2) is 0 Å². The number of aromatic nitrogens is 1. The van der Waals surface area contributed by atoms with Crippen molar-refractivity contribution in [1.82, 2.24) is 4.98 Å². The van der Waals surface area contributed by atoms with E-state index in [0.29, 0.717) is 0 Å². The number of allylic oxidation sites excluding steroid dienone is 3. The van der Waals surface area contributed by atoms with Gasteiger partial charge in [-0.2, -0.15) is 0 Å². The monoisotopic (exact) mass is 351 g/mol. The number of para-hydroxylation sites is 1. The highest BCUT2D eigenvalue weighted by Crippen LogP contribution is 2.45. The Kier molecular flexibility index (Phi) is 2.94. The maximum absolute atomic E-state index is 3.72. The Balaban J connectivity index is 1.92. The highest BCUT2D eigenvalue weighted by molar-refractivity contribution is 7.21. The topological polar surface area (TPSA) is 15.8 Å². The van der Waals surface area contributed by atoms with Crippen molar-refractivity contribution in [3.63, 3.8) is 0 Å². The summed E-state index contributed by atoms with van der Waals surface area (Å²) in [6, 6.07) is 17.6. The first-order valence-corrected chi connectivity index (χ1v) is 9.93. The van der Waals surface area contributed by atoms with E-state index in [9.17, 15) is 0 Å². The third-order valence-corrected chi connectivity index (χ3v) is 6.71. The zero-order valence-corrected chi connectivity index (χ0v) is 15.1. The molecule has 0 spiro atoms. The van der Waals surface area contributed by atoms with Crippen LogP contribution in [0.4, 0.5) is 0 Å². The number of aryl methyl sites for hydroxylation is 1. The number of rotatable bonds is 0. The van der Waals surface area contributed by atoms with Gasteiger partial charge in [-0.1, -0.05) is 60.7 Å². The van der Waals surface area contributed by atoms with Gasteiger partial charge in [-0.05, 0) is 41.3 Å². The molecule has 3 aromatic carbocycles. The van der Waals surface area contributed by atoms with Crippen LogP contribution in [0.25, 0.3) is 48.7 Å². The fourth-order valence-corrected chi connectivity index (χ4v) is 5.67. The summed E-state index contributed by atoms with van der Waals surface area (Å²) in [7, 11) is 0. The lowest BCUT2D eigenvalue weighted by molar-refractivity contribution is 1.01. The largest absolute Gasteiger partial charge is 0.353 e. The summed E-state index contributed by atoms with van der Waals surface area (Å²) in [6.07, 6.45) is 11.1. The lowest BCUT2D eigenvalue weighted by Crippen LogP contribution is -1.87. The lowest BCUT2D eigenvalue weighted by atomic mass is 9.95. The van der Waals surface area contributed by atoms with E-state index >= 15 is 0 Å². The Bertz CT molecular complexity index is 1380. The van der Waals surface area contributed by atoms with Gasteiger partial charge in [-0.15, -0.1) is 11.3 Å². The molecule has 6 rings (SSSR count). The molecule has 0 aliphatic heterocycles. The van der Waals surface area contributed by atoms with E-state index in [1.165, 1.54) is 53.1 Å². The van der Waals surface area contributed by atoms with Gasteiger partial charge < -0.3 is 4.98 Å². The molecule has 1 N–H and O–H groups in total. The van der Waals surface area contributed by atoms with E-state index < -0.39 is 0 Å². The maximum atomic E-state index is 3.72. The molecule has 0 amide bonds. The van der Waals surface area contributed by atoms with Gasteiger partial charge in [0.1, 0.15) is 0 Å². The SMILES string of the molecule is C1=CCCc2c(sc3c4[nH]c5ccccc5c4c4ccccc4c23)C=C1. The van der Waals surface area contributed by atoms with Crippen molar-refractivity contribution in [2.75, 3.05) is 0 Å². The molecule has 5 aromatic rings. The highest BCUT2D eigenvalue weighted by Gasteiger charge is 2.19. The van der Waals surface area contributed by atoms with Gasteiger partial charge in [0.2, 0.25) is 0 Å². The summed E-state index contributed by atoms with van der Waals surface area (Å²) in [5, 5.41) is 6.86. The minimum atomic E-state index is 1.10. The van der Waals surface area contributed by atoms with Gasteiger partial charge in [0.15, 0.2) is 0 Å². The quantitative estimate of drug-likeness (QED) is 0.303. The molecule has 0 radical (unpaired) electrons. The summed E-state index contributed by atoms with van der Waals surface area (Å²) in [5.41, 5.74) is 4.01. The number of hydrogen-bond donors (Lipinski definition) is 1. The molecule has 26 heavy (non-hydrogen) atoms. The van der Waals surface area contributed by atoms with Crippen molar-refractivity contribution < 1.29 is 0 Å². The molecule has 2 heterocycles. The van der Waals surface area contributed by atoms with Crippen LogP contribution in [0.5, 0.6) is 0 Å². The molecule has 2 heteroatoms. The van der Waals surface area contributed by atoms with Crippen LogP contribution >= 0.6 is 11.3 Å². The average Bonchev–Trinajstić information content (AvgIpc) is 3.20. The van der Waals surface area contributed by atoms with E-state index in [4.69, 9.17) is 0 Å². The molecule has 124 valence electrons. The number of fused-ring (bicyclic) bond motifs is 10. The Labute approximate surface area is 155 Å². The van der Waals surface area contributed by atoms with Gasteiger partial charge in [0.25, 0.3) is 0 Å². The second kappa shape index (κ2) is 5.33. The molecule has 0 saturated carbocycles. The minimum absolute atomic E-state index is 1.10. The highest BCUT2D eigenvalue weighted by atomic mass is 32.1. The third kappa shape index (κ3) is 1.85. The van der Waals surface area contributed by atoms with Gasteiger partial charge in [-0.3, -0.25) is 0 Å². The molecule has 1 nitrogen and oxygen atoms in total. The van der Waals surface area contributed by atoms with Crippen molar-refractivity contribution in [1.29, 1.82) is 0 Å². The number of H-pyrrole nitrogens is 1. The Morgan fingerprint density at radius 3 is 2.46 bits per heavy atom. The van der Waals surface area contributed by atoms with E-state index in [2.05, 4.69) is 77.8 Å². The van der Waals surface area contributed by atoms with Crippen molar-refractivity contribution >= 4 is 60.1 Å². The number of benzene rings is 3. The Morgan fingerprint density at radius 2 is 1.58 bits per heavy atom. The second-order valence-electron chi connectivity index (χ2n) is 6.94. The molecule has 2 aromatic heterocycles. The third-order valence-electron chi connectivity index (χ3n) is 5.49. The summed E-state index contributed by atoms with van der Waals surface area (Å²) < 4.78 is 1.39. The summed E-state index contributed by atoms with van der Waals surface area (Å²) >= 11 is 1.93. The average molecular weight is 351 g/mol. The summed E-state index contributed by atoms with van der Waals surface area (Å²) in [6.45, 7) is 0. The summed E-state index contributed by atoms with van der Waals surface area (Å²) in [5.74, 6) is 0. The van der Waals surface area contributed by atoms with Gasteiger partial charge in [0, 0.05) is 26.6 Å². The molecule has 0 bridgehead atoms. The van der Waals surface area contributed by atoms with Crippen LogP contribution in [0.1, 0.15) is 16.9 Å². The van der Waals surface area contributed by atoms with Crippen LogP contribution in [0.15, 0.2) is 66.8 Å². The molecule has 1 aliphatic rings. The van der Waals surface area contributed by atoms with Crippen molar-refractivity contribution in [3.05, 3.63) is 77.2 Å². The molecule has 0 atom stereocenters. The van der Waals surface area contributed by atoms with Crippen LogP contribution in [-0.2, 0) is 6.42 Å². The van der Waals surface area contributed by atoms with Crippen LogP contribution < -0.4 is 0 Å². The molecule has 1 aliphatic carbocycles. The first-order chi connectivity index (χ1) is 12.9. The smallest absolute Gasteiger partial charge is 0.0652 e. The normalized spacial score (nSPS) is 14.3. The Hall–Kier alpha value is -2.84. The van der Waals surface area contributed by atoms with Crippen molar-refractivity contribution in [2.24, 2.45) is 0 Å². The fourth-order valence-electron chi connectivity index (χ4n) is 4.38. The van der Waals surface area contributed by atoms with Gasteiger partial charge >= 0.3 is 0 Å². The predicted molar refractivity (Wildman–Crippen MR) is 115 cm³/mol. The fraction of sp³-hybridized carbons (Fsp3) is 0.0833. The first-order valence-electron chi connectivity index (χ1n) is 9.11. The summed E-state index contributed by atoms with van der Waals surface area (Å²) in [4.78, 5) is 5.13. The second-order valence-corrected chi connectivity index (χ2v) is 7.99. The number of thiophene rings is 1. The van der Waals surface area contributed by atoms with Crippen LogP contribution in [0.2, 0.25) is 0 Å². The minimum Gasteiger partial charge on any atom is -0.353 e. The zero-order chi connectivity index (χ0) is 17.1. The zero-order valence-electron chi connectivity index (χ0n) is 14.3. The van der Waals surface area contributed by atoms with E-state index in [-0.39, 0.29) is 0 Å². The van der Waals surface area contributed by atoms with E-state index in [1.807, 2.05) is 11.3 Å². The first kappa shape index (κ1) is 14.3. The maximum Gasteiger partial charge on any atom is 0.0652 e. The molecular weight excluding hydrogens is 334 g/mol. The van der Waals surface area contributed by atoms with E-state index in [1.54, 1.807) is 0 Å². The Morgan fingerprint density at radius 1 is 0.808 bits per heavy atom. The lowest BCUT2D eigenvalue weighted by Gasteiger charge is -2.07. The van der Waals surface area contributed by atoms with Crippen LogP contribution in [0.3, 0.4) is 0 Å². The van der Waals surface area contributed by atoms with Crippen LogP contribution in [-0.4, -0.2) is 4.98 Å². The molecule has 0 unspecified atom stereocenters. The number of aromatic amines is 1. The molecule has 0 saturated heterocycles. The number of nitrogens with one attached hydrogen (secondary N) is 1. The number of hydrogen-bond acceptors (Lipinski definition) is 1. The van der Waals surface area contributed by atoms with Crippen LogP contribution in [0, 0.1) is 0 Å². The molecular formula is C24H17NS. The van der Waals surface area contributed by atoms with Crippen molar-refractivity contribution in [2.45, 2.75) is 12.8 Å². The predicted octanol–water partition coefficient (Wildman–Crippen LogP) is 7.20. The van der Waals surface area contributed by atoms with Gasteiger partial charge in [0.05, 0.1) is 10.2 Å². The van der Waals surface area contributed by atoms with E-state index in [0.717, 1.165) is 12.8 Å². The standard InChI is InChI=1S/C24H17NS/c1-2-4-14-20-18(12-3-1)22-16-10-6-5-9-15(16)21-17-11-7-8-13-19(17)25-23(21)24(22)26-20/h1-2,4-11,13-14,25H,3,12H2. The van der Waals surface area contributed by atoms with Crippen molar-refractivity contribution in [3.8, 4) is 0 Å².